The van der Waals surface area contributed by atoms with Crippen LogP contribution in [0.2, 0.25) is 0 Å². The van der Waals surface area contributed by atoms with Crippen molar-refractivity contribution in [2.45, 2.75) is 0 Å². The Balaban J connectivity index is 1.82. The molecule has 3 rings (SSSR count). The van der Waals surface area contributed by atoms with Crippen LogP contribution < -0.4 is 5.32 Å². The Morgan fingerprint density at radius 3 is 2.44 bits per heavy atom. The number of aromatic nitrogens is 3. The molecule has 1 N–H and O–H groups in total. The molecule has 2 heterocycles. The predicted octanol–water partition coefficient (Wildman–Crippen LogP) is 3.01. The van der Waals surface area contributed by atoms with E-state index in [0.29, 0.717) is 0 Å². The van der Waals surface area contributed by atoms with Crippen LogP contribution in [-0.4, -0.2) is 14.8 Å². The van der Waals surface area contributed by atoms with E-state index in [9.17, 15) is 0 Å². The SMILES string of the molecule is c1ccc(Nc2ccn(-c3ccncc3)n2)cc1. The van der Waals surface area contributed by atoms with Crippen molar-refractivity contribution in [2.24, 2.45) is 0 Å². The van der Waals surface area contributed by atoms with Gasteiger partial charge in [-0.1, -0.05) is 18.2 Å². The lowest BCUT2D eigenvalue weighted by Gasteiger charge is -2.02. The highest BCUT2D eigenvalue weighted by Crippen LogP contribution is 2.15. The van der Waals surface area contributed by atoms with E-state index in [1.807, 2.05) is 59.4 Å². The Labute approximate surface area is 105 Å². The zero-order valence-corrected chi connectivity index (χ0v) is 9.69. The van der Waals surface area contributed by atoms with Crippen molar-refractivity contribution in [3.8, 4) is 5.69 Å². The molecule has 4 heteroatoms. The molecule has 1 aromatic carbocycles. The summed E-state index contributed by atoms with van der Waals surface area (Å²) < 4.78 is 1.81. The van der Waals surface area contributed by atoms with Gasteiger partial charge >= 0.3 is 0 Å². The minimum atomic E-state index is 0.818. The molecule has 0 fully saturated rings. The molecule has 0 saturated heterocycles. The van der Waals surface area contributed by atoms with Gasteiger partial charge in [-0.3, -0.25) is 4.98 Å². The quantitative estimate of drug-likeness (QED) is 0.760. The summed E-state index contributed by atoms with van der Waals surface area (Å²) in [4.78, 5) is 3.99. The van der Waals surface area contributed by atoms with Crippen LogP contribution in [0.3, 0.4) is 0 Å². The summed E-state index contributed by atoms with van der Waals surface area (Å²) in [5, 5.41) is 7.70. The molecule has 0 bridgehead atoms. The number of benzene rings is 1. The molecule has 18 heavy (non-hydrogen) atoms. The maximum Gasteiger partial charge on any atom is 0.152 e. The molecular weight excluding hydrogens is 224 g/mol. The highest BCUT2D eigenvalue weighted by molar-refractivity contribution is 5.55. The molecule has 2 aromatic heterocycles. The molecule has 0 saturated carbocycles. The van der Waals surface area contributed by atoms with Crippen molar-refractivity contribution < 1.29 is 0 Å². The second-order valence-corrected chi connectivity index (χ2v) is 3.84. The Kier molecular flexibility index (Phi) is 2.75. The van der Waals surface area contributed by atoms with Gasteiger partial charge in [0.25, 0.3) is 0 Å². The zero-order chi connectivity index (χ0) is 12.2. The van der Waals surface area contributed by atoms with E-state index in [-0.39, 0.29) is 0 Å². The van der Waals surface area contributed by atoms with Crippen LogP contribution >= 0.6 is 0 Å². The molecule has 0 aliphatic heterocycles. The van der Waals surface area contributed by atoms with Crippen LogP contribution in [0, 0.1) is 0 Å². The molecular formula is C14H12N4. The second-order valence-electron chi connectivity index (χ2n) is 3.84. The third kappa shape index (κ3) is 2.22. The van der Waals surface area contributed by atoms with E-state index in [1.54, 1.807) is 12.4 Å². The fourth-order valence-corrected chi connectivity index (χ4v) is 1.70. The third-order valence-electron chi connectivity index (χ3n) is 2.56. The molecule has 3 aromatic rings. The molecule has 0 aliphatic rings. The van der Waals surface area contributed by atoms with Gasteiger partial charge in [-0.25, -0.2) is 4.68 Å². The molecule has 0 radical (unpaired) electrons. The van der Waals surface area contributed by atoms with Crippen molar-refractivity contribution in [1.29, 1.82) is 0 Å². The van der Waals surface area contributed by atoms with Crippen LogP contribution in [0.25, 0.3) is 5.69 Å². The lowest BCUT2D eigenvalue weighted by atomic mass is 10.3. The number of nitrogens with zero attached hydrogens (tertiary/aromatic N) is 3. The number of para-hydroxylation sites is 1. The maximum absolute atomic E-state index is 4.45. The summed E-state index contributed by atoms with van der Waals surface area (Å²) >= 11 is 0. The standard InChI is InChI=1S/C14H12N4/c1-2-4-12(5-3-1)16-14-8-11-18(17-14)13-6-9-15-10-7-13/h1-11H,(H,16,17). The first-order chi connectivity index (χ1) is 8.92. The smallest absolute Gasteiger partial charge is 0.152 e. The fourth-order valence-electron chi connectivity index (χ4n) is 1.70. The predicted molar refractivity (Wildman–Crippen MR) is 71.1 cm³/mol. The average molecular weight is 236 g/mol. The normalized spacial score (nSPS) is 10.2. The number of nitrogens with one attached hydrogen (secondary N) is 1. The van der Waals surface area contributed by atoms with Gasteiger partial charge in [0.1, 0.15) is 0 Å². The average Bonchev–Trinajstić information content (AvgIpc) is 2.89. The highest BCUT2D eigenvalue weighted by Gasteiger charge is 2.00. The first-order valence-corrected chi connectivity index (χ1v) is 5.70. The molecule has 0 spiro atoms. The van der Waals surface area contributed by atoms with Gasteiger partial charge in [0.15, 0.2) is 5.82 Å². The minimum absolute atomic E-state index is 0.818. The Bertz CT molecular complexity index is 617. The summed E-state index contributed by atoms with van der Waals surface area (Å²) in [6.07, 6.45) is 5.42. The number of hydrogen-bond acceptors (Lipinski definition) is 3. The van der Waals surface area contributed by atoms with Crippen LogP contribution in [0.15, 0.2) is 67.1 Å². The van der Waals surface area contributed by atoms with Crippen LogP contribution in [0.4, 0.5) is 11.5 Å². The fraction of sp³-hybridized carbons (Fsp3) is 0. The van der Waals surface area contributed by atoms with E-state index < -0.39 is 0 Å². The molecule has 0 amide bonds. The molecule has 4 nitrogen and oxygen atoms in total. The Morgan fingerprint density at radius 2 is 1.67 bits per heavy atom. The lowest BCUT2D eigenvalue weighted by Crippen LogP contribution is -1.96. The molecule has 0 aliphatic carbocycles. The van der Waals surface area contributed by atoms with Crippen LogP contribution in [-0.2, 0) is 0 Å². The summed E-state index contributed by atoms with van der Waals surface area (Å²) in [5.41, 5.74) is 2.02. The summed E-state index contributed by atoms with van der Waals surface area (Å²) in [7, 11) is 0. The van der Waals surface area contributed by atoms with Gasteiger partial charge < -0.3 is 5.32 Å². The van der Waals surface area contributed by atoms with E-state index in [1.165, 1.54) is 0 Å². The number of rotatable bonds is 3. The third-order valence-corrected chi connectivity index (χ3v) is 2.56. The summed E-state index contributed by atoms with van der Waals surface area (Å²) in [6, 6.07) is 15.7. The molecule has 0 atom stereocenters. The summed E-state index contributed by atoms with van der Waals surface area (Å²) in [5.74, 6) is 0.818. The van der Waals surface area contributed by atoms with E-state index in [4.69, 9.17) is 0 Å². The molecule has 88 valence electrons. The van der Waals surface area contributed by atoms with E-state index in [0.717, 1.165) is 17.2 Å². The van der Waals surface area contributed by atoms with Crippen molar-refractivity contribution in [3.05, 3.63) is 67.1 Å². The van der Waals surface area contributed by atoms with Gasteiger partial charge in [0, 0.05) is 30.3 Å². The van der Waals surface area contributed by atoms with Crippen molar-refractivity contribution in [1.82, 2.24) is 14.8 Å². The van der Waals surface area contributed by atoms with E-state index >= 15 is 0 Å². The Hall–Kier alpha value is -2.62. The number of anilines is 2. The van der Waals surface area contributed by atoms with Gasteiger partial charge in [0.2, 0.25) is 0 Å². The zero-order valence-electron chi connectivity index (χ0n) is 9.69. The van der Waals surface area contributed by atoms with Crippen molar-refractivity contribution in [3.63, 3.8) is 0 Å². The highest BCUT2D eigenvalue weighted by atomic mass is 15.3. The van der Waals surface area contributed by atoms with Gasteiger partial charge in [-0.05, 0) is 24.3 Å². The largest absolute Gasteiger partial charge is 0.339 e. The van der Waals surface area contributed by atoms with Crippen LogP contribution in [0.1, 0.15) is 0 Å². The lowest BCUT2D eigenvalue weighted by molar-refractivity contribution is 0.881. The van der Waals surface area contributed by atoms with Gasteiger partial charge in [-0.15, -0.1) is 0 Å². The minimum Gasteiger partial charge on any atom is -0.339 e. The summed E-state index contributed by atoms with van der Waals surface area (Å²) in [6.45, 7) is 0. The first kappa shape index (κ1) is 10.5. The monoisotopic (exact) mass is 236 g/mol. The van der Waals surface area contributed by atoms with E-state index in [2.05, 4.69) is 15.4 Å². The van der Waals surface area contributed by atoms with Gasteiger partial charge in [-0.2, -0.15) is 5.10 Å². The van der Waals surface area contributed by atoms with Crippen molar-refractivity contribution in [2.75, 3.05) is 5.32 Å². The van der Waals surface area contributed by atoms with Crippen LogP contribution in [0.5, 0.6) is 0 Å². The Morgan fingerprint density at radius 1 is 0.889 bits per heavy atom. The van der Waals surface area contributed by atoms with Crippen molar-refractivity contribution >= 4 is 11.5 Å². The number of pyridine rings is 1. The number of hydrogen-bond donors (Lipinski definition) is 1. The van der Waals surface area contributed by atoms with Gasteiger partial charge in [0.05, 0.1) is 5.69 Å². The molecule has 0 unspecified atom stereocenters. The maximum atomic E-state index is 4.45. The second kappa shape index (κ2) is 4.71. The topological polar surface area (TPSA) is 42.7 Å². The first-order valence-electron chi connectivity index (χ1n) is 5.70.